The van der Waals surface area contributed by atoms with Crippen LogP contribution in [0.25, 0.3) is 0 Å². The predicted octanol–water partition coefficient (Wildman–Crippen LogP) is 0.277. The zero-order valence-corrected chi connectivity index (χ0v) is 8.13. The predicted molar refractivity (Wildman–Crippen MR) is 41.3 cm³/mol. The molecule has 0 aromatic carbocycles. The Balaban J connectivity index is 3.93. The maximum absolute atomic E-state index is 10.3. The Kier molecular flexibility index (Phi) is 4.69. The minimum atomic E-state index is -4.37. The van der Waals surface area contributed by atoms with Crippen LogP contribution >= 0.6 is 0 Å². The minimum absolute atomic E-state index is 0.410. The van der Waals surface area contributed by atoms with Crippen molar-refractivity contribution < 1.29 is 22.4 Å². The summed E-state index contributed by atoms with van der Waals surface area (Å²) in [5.41, 5.74) is -1.36. The molecule has 5 nitrogen and oxygen atoms in total. The van der Waals surface area contributed by atoms with E-state index in [1.807, 2.05) is 0 Å². The lowest BCUT2D eigenvalue weighted by molar-refractivity contribution is -0.135. The quantitative estimate of drug-likeness (QED) is 0.467. The minimum Gasteiger partial charge on any atom is -0.746 e. The molecule has 0 amide bonds. The Bertz CT molecular complexity index is 210. The van der Waals surface area contributed by atoms with Crippen LogP contribution in [0.1, 0.15) is 20.8 Å². The summed E-state index contributed by atoms with van der Waals surface area (Å²) in [6.45, 7) is 4.87. The summed E-state index contributed by atoms with van der Waals surface area (Å²) in [6.07, 6.45) is -0.672. The third-order valence-electron chi connectivity index (χ3n) is 1.19. The lowest BCUT2D eigenvalue weighted by Crippen LogP contribution is -2.26. The van der Waals surface area contributed by atoms with Gasteiger partial charge >= 0.3 is 0 Å². The smallest absolute Gasteiger partial charge is 0.156 e. The molecule has 0 rings (SSSR count). The zero-order valence-electron chi connectivity index (χ0n) is 7.31. The Hall–Kier alpha value is -0.170. The molecule has 0 spiro atoms. The van der Waals surface area contributed by atoms with E-state index in [0.717, 1.165) is 0 Å². The molecule has 0 radical (unpaired) electrons. The highest BCUT2D eigenvalue weighted by Gasteiger charge is 2.13. The van der Waals surface area contributed by atoms with Gasteiger partial charge in [0.2, 0.25) is 0 Å². The topological polar surface area (TPSA) is 75.7 Å². The van der Waals surface area contributed by atoms with Gasteiger partial charge in [-0.2, -0.15) is 0 Å². The summed E-state index contributed by atoms with van der Waals surface area (Å²) in [5, 5.41) is 0. The van der Waals surface area contributed by atoms with Crippen LogP contribution in [0.5, 0.6) is 0 Å². The Morgan fingerprint density at radius 3 is 2.25 bits per heavy atom. The van der Waals surface area contributed by atoms with E-state index < -0.39 is 21.8 Å². The fourth-order valence-corrected chi connectivity index (χ4v) is 0.904. The van der Waals surface area contributed by atoms with Crippen molar-refractivity contribution in [1.29, 1.82) is 0 Å². The molecule has 0 aliphatic rings. The summed E-state index contributed by atoms with van der Waals surface area (Å²) in [7, 11) is -4.37. The third kappa shape index (κ3) is 4.66. The van der Waals surface area contributed by atoms with Gasteiger partial charge in [-0.3, -0.25) is 0 Å². The second kappa shape index (κ2) is 4.76. The lowest BCUT2D eigenvalue weighted by Gasteiger charge is -2.20. The van der Waals surface area contributed by atoms with Crippen molar-refractivity contribution in [2.45, 2.75) is 32.5 Å². The molecule has 0 saturated heterocycles. The molecule has 0 saturated carbocycles. The Morgan fingerprint density at radius 1 is 1.42 bits per heavy atom. The number of hydrogen-bond donors (Lipinski definition) is 0. The number of hydrogen-bond acceptors (Lipinski definition) is 5. The molecule has 6 heteroatoms. The molecule has 0 heterocycles. The summed E-state index contributed by atoms with van der Waals surface area (Å²) in [4.78, 5) is 0. The van der Waals surface area contributed by atoms with Crippen molar-refractivity contribution in [2.75, 3.05) is 6.61 Å². The van der Waals surface area contributed by atoms with Crippen molar-refractivity contribution in [3.63, 3.8) is 0 Å². The first-order chi connectivity index (χ1) is 5.38. The SMILES string of the molecule is CCOC(C)OC(C)S(=O)(=O)[O-]. The van der Waals surface area contributed by atoms with Gasteiger partial charge in [0.25, 0.3) is 0 Å². The van der Waals surface area contributed by atoms with Gasteiger partial charge < -0.3 is 14.0 Å². The highest BCUT2D eigenvalue weighted by atomic mass is 32.2. The van der Waals surface area contributed by atoms with Gasteiger partial charge in [0.1, 0.15) is 15.6 Å². The van der Waals surface area contributed by atoms with Crippen molar-refractivity contribution in [2.24, 2.45) is 0 Å². The van der Waals surface area contributed by atoms with Gasteiger partial charge in [0.05, 0.1) is 0 Å². The van der Waals surface area contributed by atoms with E-state index in [1.165, 1.54) is 13.8 Å². The first-order valence-electron chi connectivity index (χ1n) is 3.59. The maximum atomic E-state index is 10.3. The van der Waals surface area contributed by atoms with Gasteiger partial charge in [-0.1, -0.05) is 0 Å². The van der Waals surface area contributed by atoms with Gasteiger partial charge in [-0.15, -0.1) is 0 Å². The van der Waals surface area contributed by atoms with Gasteiger partial charge in [-0.05, 0) is 20.8 Å². The van der Waals surface area contributed by atoms with Gasteiger partial charge in [0, 0.05) is 6.61 Å². The van der Waals surface area contributed by atoms with Crippen LogP contribution in [0.3, 0.4) is 0 Å². The van der Waals surface area contributed by atoms with Crippen molar-refractivity contribution in [1.82, 2.24) is 0 Å². The third-order valence-corrected chi connectivity index (χ3v) is 2.12. The van der Waals surface area contributed by atoms with E-state index in [2.05, 4.69) is 0 Å². The Morgan fingerprint density at radius 2 is 1.92 bits per heavy atom. The first-order valence-corrected chi connectivity index (χ1v) is 5.06. The van der Waals surface area contributed by atoms with E-state index in [1.54, 1.807) is 6.92 Å². The van der Waals surface area contributed by atoms with Crippen LogP contribution < -0.4 is 0 Å². The molecular weight excluding hydrogens is 184 g/mol. The zero-order chi connectivity index (χ0) is 9.78. The van der Waals surface area contributed by atoms with Crippen LogP contribution in [-0.4, -0.2) is 31.3 Å². The summed E-state index contributed by atoms with van der Waals surface area (Å²) < 4.78 is 40.6. The summed E-state index contributed by atoms with van der Waals surface area (Å²) >= 11 is 0. The molecule has 0 aliphatic carbocycles. The summed E-state index contributed by atoms with van der Waals surface area (Å²) in [5.74, 6) is 0. The van der Waals surface area contributed by atoms with Crippen LogP contribution in [-0.2, 0) is 19.6 Å². The maximum Gasteiger partial charge on any atom is 0.156 e. The highest BCUT2D eigenvalue weighted by Crippen LogP contribution is 2.04. The molecule has 74 valence electrons. The second-order valence-electron chi connectivity index (χ2n) is 2.22. The van der Waals surface area contributed by atoms with E-state index in [-0.39, 0.29) is 0 Å². The van der Waals surface area contributed by atoms with Crippen LogP contribution in [0, 0.1) is 0 Å². The van der Waals surface area contributed by atoms with Crippen LogP contribution in [0.15, 0.2) is 0 Å². The molecule has 0 N–H and O–H groups in total. The van der Waals surface area contributed by atoms with E-state index >= 15 is 0 Å². The van der Waals surface area contributed by atoms with E-state index in [4.69, 9.17) is 9.47 Å². The lowest BCUT2D eigenvalue weighted by atomic mass is 10.7. The largest absolute Gasteiger partial charge is 0.746 e. The molecule has 0 aromatic rings. The van der Waals surface area contributed by atoms with E-state index in [9.17, 15) is 13.0 Å². The highest BCUT2D eigenvalue weighted by molar-refractivity contribution is 7.86. The van der Waals surface area contributed by atoms with Crippen molar-refractivity contribution in [3.05, 3.63) is 0 Å². The monoisotopic (exact) mass is 197 g/mol. The molecule has 0 aromatic heterocycles. The standard InChI is InChI=1S/C6H14O5S/c1-4-10-5(2)11-6(3)12(7,8)9/h5-6H,4H2,1-3H3,(H,7,8,9)/p-1. The number of ether oxygens (including phenoxy) is 2. The van der Waals surface area contributed by atoms with Crippen molar-refractivity contribution in [3.8, 4) is 0 Å². The fraction of sp³-hybridized carbons (Fsp3) is 1.00. The second-order valence-corrected chi connectivity index (χ2v) is 3.87. The fourth-order valence-electron chi connectivity index (χ4n) is 0.612. The molecule has 0 aliphatic heterocycles. The van der Waals surface area contributed by atoms with Crippen LogP contribution in [0.4, 0.5) is 0 Å². The Labute approximate surface area is 72.4 Å². The average molecular weight is 197 g/mol. The van der Waals surface area contributed by atoms with Crippen LogP contribution in [0.2, 0.25) is 0 Å². The molecule has 2 unspecified atom stereocenters. The van der Waals surface area contributed by atoms with Gasteiger partial charge in [-0.25, -0.2) is 8.42 Å². The van der Waals surface area contributed by atoms with Gasteiger partial charge in [0.15, 0.2) is 6.29 Å². The summed E-state index contributed by atoms with van der Waals surface area (Å²) in [6, 6.07) is 0. The molecular formula is C6H13O5S-. The molecule has 0 fully saturated rings. The van der Waals surface area contributed by atoms with E-state index in [0.29, 0.717) is 6.61 Å². The first kappa shape index (κ1) is 11.8. The molecule has 12 heavy (non-hydrogen) atoms. The molecule has 0 bridgehead atoms. The normalized spacial score (nSPS) is 17.3. The van der Waals surface area contributed by atoms with Crippen molar-refractivity contribution >= 4 is 10.1 Å². The average Bonchev–Trinajstić information content (AvgIpc) is 1.85. The molecule has 2 atom stereocenters. The number of rotatable bonds is 5.